The number of fused-ring (bicyclic) bond motifs is 1. The van der Waals surface area contributed by atoms with Gasteiger partial charge in [-0.2, -0.15) is 0 Å². The molecule has 31 heavy (non-hydrogen) atoms. The highest BCUT2D eigenvalue weighted by atomic mass is 32.1. The molecule has 8 heteroatoms. The summed E-state index contributed by atoms with van der Waals surface area (Å²) < 4.78 is 1.36. The molecule has 0 aliphatic heterocycles. The van der Waals surface area contributed by atoms with Crippen molar-refractivity contribution in [2.45, 2.75) is 78.7 Å². The van der Waals surface area contributed by atoms with E-state index in [1.54, 1.807) is 0 Å². The number of aryl methyl sites for hydroxylation is 2. The fraction of sp³-hybridized carbons (Fsp3) is 0.609. The highest BCUT2D eigenvalue weighted by Gasteiger charge is 2.27. The Kier molecular flexibility index (Phi) is 7.75. The molecule has 170 valence electrons. The number of unbranched alkanes of at least 4 members (excludes halogenated alkanes) is 1. The number of carbonyl (C=O) groups is 1. The van der Waals surface area contributed by atoms with E-state index in [4.69, 9.17) is 5.73 Å². The van der Waals surface area contributed by atoms with E-state index in [1.165, 1.54) is 44.1 Å². The molecule has 0 spiro atoms. The predicted molar refractivity (Wildman–Crippen MR) is 127 cm³/mol. The number of hydrogen-bond donors (Lipinski definition) is 2. The first-order valence-corrected chi connectivity index (χ1v) is 12.2. The molecule has 1 amide bonds. The minimum absolute atomic E-state index is 0.0572. The summed E-state index contributed by atoms with van der Waals surface area (Å²) in [6.45, 7) is 6.73. The lowest BCUT2D eigenvalue weighted by atomic mass is 10.00. The number of nitrogens with zero attached hydrogens (tertiary/aromatic N) is 2. The van der Waals surface area contributed by atoms with Crippen molar-refractivity contribution in [1.82, 2.24) is 9.55 Å². The first kappa shape index (κ1) is 23.3. The van der Waals surface area contributed by atoms with Crippen LogP contribution in [0.1, 0.15) is 79.4 Å². The van der Waals surface area contributed by atoms with Crippen molar-refractivity contribution < 1.29 is 4.79 Å². The maximum absolute atomic E-state index is 13.6. The zero-order valence-electron chi connectivity index (χ0n) is 18.8. The van der Waals surface area contributed by atoms with Crippen LogP contribution in [-0.2, 0) is 19.4 Å². The topological polar surface area (TPSA) is 101 Å². The van der Waals surface area contributed by atoms with Crippen molar-refractivity contribution >= 4 is 28.7 Å². The van der Waals surface area contributed by atoms with Gasteiger partial charge in [0.25, 0.3) is 11.5 Å². The van der Waals surface area contributed by atoms with E-state index in [0.29, 0.717) is 18.0 Å². The fourth-order valence-electron chi connectivity index (χ4n) is 4.10. The summed E-state index contributed by atoms with van der Waals surface area (Å²) in [4.78, 5) is 44.5. The van der Waals surface area contributed by atoms with Crippen LogP contribution in [-0.4, -0.2) is 22.0 Å². The first-order chi connectivity index (χ1) is 14.8. The Balaban J connectivity index is 2.05. The average Bonchev–Trinajstić information content (AvgIpc) is 3.08. The molecule has 0 saturated carbocycles. The number of rotatable bonds is 7. The molecular weight excluding hydrogens is 412 g/mol. The third kappa shape index (κ3) is 5.29. The van der Waals surface area contributed by atoms with E-state index >= 15 is 0 Å². The van der Waals surface area contributed by atoms with Crippen molar-refractivity contribution in [3.05, 3.63) is 42.2 Å². The van der Waals surface area contributed by atoms with Gasteiger partial charge in [-0.05, 0) is 49.7 Å². The Hall–Kier alpha value is -2.35. The molecule has 2 heterocycles. The van der Waals surface area contributed by atoms with E-state index in [2.05, 4.69) is 4.98 Å². The zero-order chi connectivity index (χ0) is 22.5. The third-order valence-corrected chi connectivity index (χ3v) is 6.94. The van der Waals surface area contributed by atoms with Crippen LogP contribution in [0, 0.1) is 5.92 Å². The molecule has 1 aliphatic carbocycles. The molecule has 0 unspecified atom stereocenters. The summed E-state index contributed by atoms with van der Waals surface area (Å²) >= 11 is 1.54. The van der Waals surface area contributed by atoms with Gasteiger partial charge in [-0.25, -0.2) is 4.79 Å². The summed E-state index contributed by atoms with van der Waals surface area (Å²) in [7, 11) is 0. The summed E-state index contributed by atoms with van der Waals surface area (Å²) in [6, 6.07) is 2.00. The molecule has 0 fully saturated rings. The van der Waals surface area contributed by atoms with Gasteiger partial charge in [0.2, 0.25) is 0 Å². The smallest absolute Gasteiger partial charge is 0.330 e. The standard InChI is InChI=1S/C23H34N4O3S/c1-4-5-12-26(19-20(24)27(14-15(2)3)23(30)25-21(19)28)22(29)18-13-16-10-8-6-7-9-11-17(16)31-18/h13,15H,4-12,14,24H2,1-3H3,(H,25,28,30). The number of anilines is 2. The van der Waals surface area contributed by atoms with Crippen molar-refractivity contribution in [3.63, 3.8) is 0 Å². The number of nitrogens with two attached hydrogens (primary N) is 1. The van der Waals surface area contributed by atoms with Gasteiger partial charge in [0.1, 0.15) is 5.82 Å². The van der Waals surface area contributed by atoms with Crippen LogP contribution in [0.25, 0.3) is 0 Å². The SMILES string of the molecule is CCCCN(C(=O)c1cc2c(s1)CCCCCC2)c1c(N)n(CC(C)C)c(=O)[nH]c1=O. The van der Waals surface area contributed by atoms with E-state index in [0.717, 1.165) is 38.5 Å². The molecule has 7 nitrogen and oxygen atoms in total. The molecule has 0 atom stereocenters. The fourth-order valence-corrected chi connectivity index (χ4v) is 5.30. The van der Waals surface area contributed by atoms with Gasteiger partial charge in [0, 0.05) is 18.0 Å². The molecule has 3 N–H and O–H groups in total. The second-order valence-electron chi connectivity index (χ2n) is 8.78. The maximum Gasteiger partial charge on any atom is 0.330 e. The van der Waals surface area contributed by atoms with Gasteiger partial charge >= 0.3 is 5.69 Å². The summed E-state index contributed by atoms with van der Waals surface area (Å²) in [5, 5.41) is 0. The monoisotopic (exact) mass is 446 g/mol. The number of amides is 1. The van der Waals surface area contributed by atoms with Crippen molar-refractivity contribution in [1.29, 1.82) is 0 Å². The summed E-state index contributed by atoms with van der Waals surface area (Å²) in [5.41, 5.74) is 6.51. The zero-order valence-corrected chi connectivity index (χ0v) is 19.6. The lowest BCUT2D eigenvalue weighted by Gasteiger charge is -2.24. The molecule has 2 aromatic rings. The lowest BCUT2D eigenvalue weighted by Crippen LogP contribution is -2.41. The Morgan fingerprint density at radius 3 is 2.61 bits per heavy atom. The summed E-state index contributed by atoms with van der Waals surface area (Å²) in [5.74, 6) is 0.00870. The van der Waals surface area contributed by atoms with Gasteiger partial charge in [-0.15, -0.1) is 11.3 Å². The Morgan fingerprint density at radius 2 is 1.94 bits per heavy atom. The van der Waals surface area contributed by atoms with E-state index in [9.17, 15) is 14.4 Å². The molecular formula is C23H34N4O3S. The van der Waals surface area contributed by atoms with Crippen LogP contribution in [0.15, 0.2) is 15.7 Å². The van der Waals surface area contributed by atoms with Gasteiger partial charge in [-0.1, -0.05) is 40.0 Å². The number of nitrogen functional groups attached to an aromatic ring is 1. The normalized spacial score (nSPS) is 14.2. The van der Waals surface area contributed by atoms with Crippen LogP contribution >= 0.6 is 11.3 Å². The number of H-pyrrole nitrogens is 1. The van der Waals surface area contributed by atoms with Crippen molar-refractivity contribution in [3.8, 4) is 0 Å². The van der Waals surface area contributed by atoms with E-state index in [1.807, 2.05) is 26.8 Å². The average molecular weight is 447 g/mol. The number of nitrogens with one attached hydrogen (secondary N) is 1. The second-order valence-corrected chi connectivity index (χ2v) is 9.92. The minimum atomic E-state index is -0.609. The van der Waals surface area contributed by atoms with Crippen LogP contribution < -0.4 is 21.9 Å². The highest BCUT2D eigenvalue weighted by molar-refractivity contribution is 7.14. The van der Waals surface area contributed by atoms with E-state index < -0.39 is 11.2 Å². The molecule has 0 aromatic carbocycles. The van der Waals surface area contributed by atoms with E-state index in [-0.39, 0.29) is 23.3 Å². The Bertz CT molecular complexity index is 1010. The molecule has 1 aliphatic rings. The highest BCUT2D eigenvalue weighted by Crippen LogP contribution is 2.31. The van der Waals surface area contributed by atoms with Crippen LogP contribution in [0.5, 0.6) is 0 Å². The molecule has 3 rings (SSSR count). The van der Waals surface area contributed by atoms with Gasteiger partial charge in [0.15, 0.2) is 5.69 Å². The molecule has 0 saturated heterocycles. The van der Waals surface area contributed by atoms with Crippen molar-refractivity contribution in [2.75, 3.05) is 17.2 Å². The predicted octanol–water partition coefficient (Wildman–Crippen LogP) is 3.94. The minimum Gasteiger partial charge on any atom is -0.383 e. The van der Waals surface area contributed by atoms with Crippen LogP contribution in [0.3, 0.4) is 0 Å². The number of thiophene rings is 1. The second kappa shape index (κ2) is 10.3. The number of carbonyl (C=O) groups excluding carboxylic acids is 1. The summed E-state index contributed by atoms with van der Waals surface area (Å²) in [6.07, 6.45) is 8.35. The Labute approximate surface area is 187 Å². The third-order valence-electron chi connectivity index (χ3n) is 5.72. The van der Waals surface area contributed by atoms with Gasteiger partial charge in [0.05, 0.1) is 4.88 Å². The number of hydrogen-bond acceptors (Lipinski definition) is 5. The maximum atomic E-state index is 13.6. The Morgan fingerprint density at radius 1 is 1.23 bits per heavy atom. The number of aromatic amines is 1. The molecule has 0 bridgehead atoms. The number of aromatic nitrogens is 2. The quantitative estimate of drug-likeness (QED) is 0.672. The van der Waals surface area contributed by atoms with Gasteiger partial charge < -0.3 is 5.73 Å². The largest absolute Gasteiger partial charge is 0.383 e. The lowest BCUT2D eigenvalue weighted by molar-refractivity contribution is 0.0990. The molecule has 2 aromatic heterocycles. The molecule has 0 radical (unpaired) electrons. The van der Waals surface area contributed by atoms with Crippen LogP contribution in [0.2, 0.25) is 0 Å². The first-order valence-electron chi connectivity index (χ1n) is 11.4. The van der Waals surface area contributed by atoms with Crippen molar-refractivity contribution in [2.24, 2.45) is 5.92 Å². The van der Waals surface area contributed by atoms with Gasteiger partial charge in [-0.3, -0.25) is 24.0 Å². The van der Waals surface area contributed by atoms with Crippen LogP contribution in [0.4, 0.5) is 11.5 Å².